The molecule has 0 aromatic heterocycles. The lowest BCUT2D eigenvalue weighted by atomic mass is 10.2. The highest BCUT2D eigenvalue weighted by Crippen LogP contribution is 2.20. The Balaban J connectivity index is 1.81. The van der Waals surface area contributed by atoms with Crippen LogP contribution in [0.5, 0.6) is 0 Å². The van der Waals surface area contributed by atoms with Gasteiger partial charge in [-0.05, 0) is 33.0 Å². The SMILES string of the molecule is C[C@H]1CN(C(=O)CN(C)CC(=O)Nc2ccccc2Cl)C[C@H](C)O1. The topological polar surface area (TPSA) is 61.9 Å². The van der Waals surface area contributed by atoms with Crippen LogP contribution < -0.4 is 5.32 Å². The Morgan fingerprint density at radius 1 is 1.25 bits per heavy atom. The van der Waals surface area contributed by atoms with Gasteiger partial charge in [0.05, 0.1) is 36.0 Å². The van der Waals surface area contributed by atoms with Crippen LogP contribution in [0.3, 0.4) is 0 Å². The van der Waals surface area contributed by atoms with Crippen molar-refractivity contribution < 1.29 is 14.3 Å². The minimum absolute atomic E-state index is 0.00467. The highest BCUT2D eigenvalue weighted by molar-refractivity contribution is 6.33. The van der Waals surface area contributed by atoms with E-state index in [1.807, 2.05) is 13.8 Å². The van der Waals surface area contributed by atoms with E-state index in [9.17, 15) is 9.59 Å². The van der Waals surface area contributed by atoms with E-state index >= 15 is 0 Å². The van der Waals surface area contributed by atoms with E-state index in [2.05, 4.69) is 5.32 Å². The van der Waals surface area contributed by atoms with Gasteiger partial charge in [-0.2, -0.15) is 0 Å². The molecule has 2 atom stereocenters. The molecule has 0 unspecified atom stereocenters. The van der Waals surface area contributed by atoms with E-state index in [1.54, 1.807) is 41.1 Å². The molecule has 132 valence electrons. The first-order chi connectivity index (χ1) is 11.3. The normalized spacial score (nSPS) is 21.0. The largest absolute Gasteiger partial charge is 0.372 e. The van der Waals surface area contributed by atoms with Crippen molar-refractivity contribution >= 4 is 29.1 Å². The Labute approximate surface area is 147 Å². The second-order valence-corrected chi connectivity index (χ2v) is 6.66. The number of likely N-dealkylation sites (N-methyl/N-ethyl adjacent to an activating group) is 1. The third-order valence-electron chi connectivity index (χ3n) is 3.74. The van der Waals surface area contributed by atoms with Crippen LogP contribution in [0.25, 0.3) is 0 Å². The van der Waals surface area contributed by atoms with Gasteiger partial charge in [0.25, 0.3) is 0 Å². The monoisotopic (exact) mass is 353 g/mol. The fraction of sp³-hybridized carbons (Fsp3) is 0.529. The molecule has 1 heterocycles. The predicted octanol–water partition coefficient (Wildman–Crippen LogP) is 1.85. The second kappa shape index (κ2) is 8.46. The molecular weight excluding hydrogens is 330 g/mol. The average molecular weight is 354 g/mol. The van der Waals surface area contributed by atoms with Crippen LogP contribution in [0.1, 0.15) is 13.8 Å². The molecule has 1 fully saturated rings. The van der Waals surface area contributed by atoms with Gasteiger partial charge in [-0.15, -0.1) is 0 Å². The Bertz CT molecular complexity index is 586. The van der Waals surface area contributed by atoms with Crippen molar-refractivity contribution in [3.63, 3.8) is 0 Å². The molecule has 6 nitrogen and oxygen atoms in total. The number of benzene rings is 1. The number of rotatable bonds is 5. The number of halogens is 1. The summed E-state index contributed by atoms with van der Waals surface area (Å²) in [5.74, 6) is -0.202. The summed E-state index contributed by atoms with van der Waals surface area (Å²) in [4.78, 5) is 27.9. The van der Waals surface area contributed by atoms with Gasteiger partial charge in [0.2, 0.25) is 11.8 Å². The van der Waals surface area contributed by atoms with Crippen molar-refractivity contribution in [3.8, 4) is 0 Å². The van der Waals surface area contributed by atoms with Crippen LogP contribution in [0.4, 0.5) is 5.69 Å². The van der Waals surface area contributed by atoms with Crippen molar-refractivity contribution in [1.29, 1.82) is 0 Å². The first kappa shape index (κ1) is 18.7. The summed E-state index contributed by atoms with van der Waals surface area (Å²) in [6.45, 7) is 5.39. The molecule has 7 heteroatoms. The lowest BCUT2D eigenvalue weighted by Gasteiger charge is -2.36. The zero-order chi connectivity index (χ0) is 17.7. The zero-order valence-electron chi connectivity index (χ0n) is 14.3. The molecule has 1 aromatic carbocycles. The van der Waals surface area contributed by atoms with Gasteiger partial charge in [-0.25, -0.2) is 0 Å². The van der Waals surface area contributed by atoms with Crippen LogP contribution in [-0.4, -0.2) is 67.0 Å². The van der Waals surface area contributed by atoms with Gasteiger partial charge >= 0.3 is 0 Å². The van der Waals surface area contributed by atoms with Gasteiger partial charge in [0, 0.05) is 13.1 Å². The third kappa shape index (κ3) is 5.47. The van der Waals surface area contributed by atoms with E-state index < -0.39 is 0 Å². The Hall–Kier alpha value is -1.63. The van der Waals surface area contributed by atoms with Crippen LogP contribution in [0.15, 0.2) is 24.3 Å². The number of carbonyl (C=O) groups is 2. The number of nitrogens with zero attached hydrogens (tertiary/aromatic N) is 2. The van der Waals surface area contributed by atoms with Gasteiger partial charge in [-0.1, -0.05) is 23.7 Å². The Kier molecular flexibility index (Phi) is 6.60. The quantitative estimate of drug-likeness (QED) is 0.877. The standard InChI is InChI=1S/C17H24ClN3O3/c1-12-8-21(9-13(2)24-12)17(23)11-20(3)10-16(22)19-15-7-5-4-6-14(15)18/h4-7,12-13H,8-11H2,1-3H3,(H,19,22)/t12-,13-/m0/s1. The summed E-state index contributed by atoms with van der Waals surface area (Å²) < 4.78 is 5.63. The molecule has 1 N–H and O–H groups in total. The molecule has 0 saturated carbocycles. The maximum Gasteiger partial charge on any atom is 0.238 e. The number of ether oxygens (including phenoxy) is 1. The number of carbonyl (C=O) groups excluding carboxylic acids is 2. The van der Waals surface area contributed by atoms with E-state index in [4.69, 9.17) is 16.3 Å². The Morgan fingerprint density at radius 3 is 2.50 bits per heavy atom. The molecule has 1 aromatic rings. The third-order valence-corrected chi connectivity index (χ3v) is 4.07. The summed E-state index contributed by atoms with van der Waals surface area (Å²) >= 11 is 6.02. The molecule has 24 heavy (non-hydrogen) atoms. The highest BCUT2D eigenvalue weighted by atomic mass is 35.5. The molecular formula is C17H24ClN3O3. The first-order valence-corrected chi connectivity index (χ1v) is 8.39. The number of morpholine rings is 1. The van der Waals surface area contributed by atoms with Gasteiger partial charge in [0.15, 0.2) is 0 Å². The number of nitrogens with one attached hydrogen (secondary N) is 1. The number of hydrogen-bond donors (Lipinski definition) is 1. The lowest BCUT2D eigenvalue weighted by Crippen LogP contribution is -2.51. The molecule has 1 aliphatic rings. The van der Waals surface area contributed by atoms with Gasteiger partial charge < -0.3 is 15.0 Å². The van der Waals surface area contributed by atoms with E-state index in [-0.39, 0.29) is 37.1 Å². The average Bonchev–Trinajstić information content (AvgIpc) is 2.48. The van der Waals surface area contributed by atoms with E-state index in [0.717, 1.165) is 0 Å². The number of amides is 2. The van der Waals surface area contributed by atoms with E-state index in [1.165, 1.54) is 0 Å². The van der Waals surface area contributed by atoms with Crippen molar-refractivity contribution in [2.24, 2.45) is 0 Å². The Morgan fingerprint density at radius 2 is 1.88 bits per heavy atom. The molecule has 0 spiro atoms. The second-order valence-electron chi connectivity index (χ2n) is 6.26. The lowest BCUT2D eigenvalue weighted by molar-refractivity contribution is -0.144. The summed E-state index contributed by atoms with van der Waals surface area (Å²) in [7, 11) is 1.75. The zero-order valence-corrected chi connectivity index (χ0v) is 15.0. The van der Waals surface area contributed by atoms with Crippen molar-refractivity contribution in [2.45, 2.75) is 26.1 Å². The molecule has 0 bridgehead atoms. The number of anilines is 1. The molecule has 2 amide bonds. The summed E-state index contributed by atoms with van der Waals surface area (Å²) in [6, 6.07) is 7.05. The first-order valence-electron chi connectivity index (χ1n) is 8.01. The number of para-hydroxylation sites is 1. The summed E-state index contributed by atoms with van der Waals surface area (Å²) in [5, 5.41) is 3.24. The molecule has 1 aliphatic heterocycles. The maximum atomic E-state index is 12.4. The van der Waals surface area contributed by atoms with Crippen LogP contribution in [0, 0.1) is 0 Å². The minimum Gasteiger partial charge on any atom is -0.372 e. The summed E-state index contributed by atoms with van der Waals surface area (Å²) in [5.41, 5.74) is 0.569. The van der Waals surface area contributed by atoms with Crippen molar-refractivity contribution in [1.82, 2.24) is 9.80 Å². The van der Waals surface area contributed by atoms with Gasteiger partial charge in [0.1, 0.15) is 0 Å². The fourth-order valence-electron chi connectivity index (χ4n) is 2.77. The van der Waals surface area contributed by atoms with Crippen LogP contribution in [-0.2, 0) is 14.3 Å². The maximum absolute atomic E-state index is 12.4. The van der Waals surface area contributed by atoms with Crippen molar-refractivity contribution in [2.75, 3.05) is 38.5 Å². The molecule has 0 aliphatic carbocycles. The number of hydrogen-bond acceptors (Lipinski definition) is 4. The molecule has 2 rings (SSSR count). The van der Waals surface area contributed by atoms with Crippen molar-refractivity contribution in [3.05, 3.63) is 29.3 Å². The summed E-state index contributed by atoms with van der Waals surface area (Å²) in [6.07, 6.45) is 0.0676. The van der Waals surface area contributed by atoms with Gasteiger partial charge in [-0.3, -0.25) is 14.5 Å². The molecule has 1 saturated heterocycles. The fourth-order valence-corrected chi connectivity index (χ4v) is 2.95. The predicted molar refractivity (Wildman–Crippen MR) is 94.2 cm³/mol. The molecule has 0 radical (unpaired) electrons. The van der Waals surface area contributed by atoms with Crippen LogP contribution >= 0.6 is 11.6 Å². The minimum atomic E-state index is -0.206. The highest BCUT2D eigenvalue weighted by Gasteiger charge is 2.26. The smallest absolute Gasteiger partial charge is 0.238 e. The van der Waals surface area contributed by atoms with Crippen LogP contribution in [0.2, 0.25) is 5.02 Å². The van der Waals surface area contributed by atoms with E-state index in [0.29, 0.717) is 23.8 Å².